The van der Waals surface area contributed by atoms with Gasteiger partial charge in [-0.25, -0.2) is 0 Å². The van der Waals surface area contributed by atoms with E-state index in [2.05, 4.69) is 0 Å². The number of hydrogen-bond acceptors (Lipinski definition) is 2. The number of anilines is 1. The summed E-state index contributed by atoms with van der Waals surface area (Å²) in [6, 6.07) is 6.60. The van der Waals surface area contributed by atoms with Crippen LogP contribution in [0.2, 0.25) is 0 Å². The van der Waals surface area contributed by atoms with Crippen LogP contribution in [0.1, 0.15) is 5.56 Å². The topological polar surface area (TPSA) is 46.3 Å². The van der Waals surface area contributed by atoms with Crippen molar-refractivity contribution >= 4 is 17.7 Å². The van der Waals surface area contributed by atoms with E-state index in [9.17, 15) is 18.0 Å². The van der Waals surface area contributed by atoms with Gasteiger partial charge in [-0.3, -0.25) is 4.79 Å². The van der Waals surface area contributed by atoms with Crippen molar-refractivity contribution in [1.29, 1.82) is 0 Å². The molecule has 0 bridgehead atoms. The second-order valence-corrected chi connectivity index (χ2v) is 4.06. The average molecular weight is 256 g/mol. The van der Waals surface area contributed by atoms with Crippen LogP contribution >= 0.6 is 0 Å². The Morgan fingerprint density at radius 2 is 2.00 bits per heavy atom. The van der Waals surface area contributed by atoms with Crippen molar-refractivity contribution < 1.29 is 18.0 Å². The Labute approximate surface area is 102 Å². The zero-order chi connectivity index (χ0) is 13.3. The number of amides is 1. The smallest absolute Gasteiger partial charge is 0.366 e. The number of nitrogens with two attached hydrogens (primary N) is 1. The molecule has 0 unspecified atom stereocenters. The molecule has 1 amide bonds. The molecule has 2 N–H and O–H groups in total. The Morgan fingerprint density at radius 3 is 2.61 bits per heavy atom. The van der Waals surface area contributed by atoms with Crippen molar-refractivity contribution in [3.8, 4) is 0 Å². The van der Waals surface area contributed by atoms with E-state index in [1.165, 1.54) is 6.08 Å². The van der Waals surface area contributed by atoms with E-state index in [4.69, 9.17) is 5.73 Å². The lowest BCUT2D eigenvalue weighted by molar-refractivity contribution is -0.120. The van der Waals surface area contributed by atoms with Gasteiger partial charge in [0.2, 0.25) is 5.91 Å². The van der Waals surface area contributed by atoms with E-state index in [1.54, 1.807) is 24.3 Å². The van der Waals surface area contributed by atoms with Gasteiger partial charge in [-0.1, -0.05) is 18.2 Å². The standard InChI is InChI=1S/C12H11F3N2O/c13-12(14,15)7-17-6-9(11(16)18)5-8-3-1-2-4-10(8)17/h1-5H,6-7H2,(H2,16,18). The highest BCUT2D eigenvalue weighted by Gasteiger charge is 2.33. The summed E-state index contributed by atoms with van der Waals surface area (Å²) >= 11 is 0. The minimum Gasteiger partial charge on any atom is -0.366 e. The van der Waals surface area contributed by atoms with E-state index in [0.29, 0.717) is 11.3 Å². The summed E-state index contributed by atoms with van der Waals surface area (Å²) in [7, 11) is 0. The number of nitrogens with zero attached hydrogens (tertiary/aromatic N) is 1. The molecule has 1 heterocycles. The Bertz CT molecular complexity index is 508. The minimum absolute atomic E-state index is 0.119. The first kappa shape index (κ1) is 12.5. The molecule has 1 aromatic carbocycles. The van der Waals surface area contributed by atoms with Gasteiger partial charge in [0.1, 0.15) is 6.54 Å². The van der Waals surface area contributed by atoms with Crippen LogP contribution in [0.5, 0.6) is 0 Å². The summed E-state index contributed by atoms with van der Waals surface area (Å²) in [5.41, 5.74) is 6.34. The lowest BCUT2D eigenvalue weighted by atomic mass is 10.0. The number of rotatable bonds is 2. The molecule has 0 fully saturated rings. The van der Waals surface area contributed by atoms with E-state index >= 15 is 0 Å². The Hall–Kier alpha value is -1.98. The predicted molar refractivity (Wildman–Crippen MR) is 61.9 cm³/mol. The number of carbonyl (C=O) groups is 1. The summed E-state index contributed by atoms with van der Waals surface area (Å²) in [5.74, 6) is -0.698. The maximum atomic E-state index is 12.5. The number of hydrogen-bond donors (Lipinski definition) is 1. The summed E-state index contributed by atoms with van der Waals surface area (Å²) < 4.78 is 37.5. The molecule has 0 radical (unpaired) electrons. The van der Waals surface area contributed by atoms with Crippen LogP contribution in [0.15, 0.2) is 29.8 Å². The van der Waals surface area contributed by atoms with E-state index < -0.39 is 18.6 Å². The second kappa shape index (κ2) is 4.36. The Kier molecular flexibility index (Phi) is 3.02. The molecule has 0 saturated heterocycles. The number of halogens is 3. The fourth-order valence-corrected chi connectivity index (χ4v) is 1.93. The van der Waals surface area contributed by atoms with Gasteiger partial charge in [0.05, 0.1) is 0 Å². The van der Waals surface area contributed by atoms with Gasteiger partial charge in [0.15, 0.2) is 0 Å². The van der Waals surface area contributed by atoms with Crippen molar-refractivity contribution in [2.75, 3.05) is 18.0 Å². The van der Waals surface area contributed by atoms with Crippen LogP contribution in [-0.2, 0) is 4.79 Å². The van der Waals surface area contributed by atoms with Crippen LogP contribution in [0.3, 0.4) is 0 Å². The van der Waals surface area contributed by atoms with Crippen LogP contribution in [0.4, 0.5) is 18.9 Å². The van der Waals surface area contributed by atoms with Gasteiger partial charge in [-0.15, -0.1) is 0 Å². The first-order valence-electron chi connectivity index (χ1n) is 5.28. The molecular formula is C12H11F3N2O. The van der Waals surface area contributed by atoms with Crippen molar-refractivity contribution in [3.63, 3.8) is 0 Å². The molecule has 1 aliphatic heterocycles. The quantitative estimate of drug-likeness (QED) is 0.879. The predicted octanol–water partition coefficient (Wildman–Crippen LogP) is 1.94. The van der Waals surface area contributed by atoms with Crippen molar-refractivity contribution in [1.82, 2.24) is 0 Å². The summed E-state index contributed by atoms with van der Waals surface area (Å²) in [5, 5.41) is 0. The zero-order valence-electron chi connectivity index (χ0n) is 9.37. The third-order valence-corrected chi connectivity index (χ3v) is 2.66. The van der Waals surface area contributed by atoms with Gasteiger partial charge in [0, 0.05) is 17.8 Å². The van der Waals surface area contributed by atoms with Gasteiger partial charge in [-0.2, -0.15) is 13.2 Å². The van der Waals surface area contributed by atoms with Crippen LogP contribution in [0, 0.1) is 0 Å². The molecule has 3 nitrogen and oxygen atoms in total. The van der Waals surface area contributed by atoms with Gasteiger partial charge < -0.3 is 10.6 Å². The summed E-state index contributed by atoms with van der Waals surface area (Å²) in [4.78, 5) is 12.2. The highest BCUT2D eigenvalue weighted by Crippen LogP contribution is 2.31. The number of fused-ring (bicyclic) bond motifs is 1. The number of para-hydroxylation sites is 1. The molecule has 18 heavy (non-hydrogen) atoms. The molecule has 0 aromatic heterocycles. The van der Waals surface area contributed by atoms with Crippen LogP contribution < -0.4 is 10.6 Å². The number of carbonyl (C=O) groups excluding carboxylic acids is 1. The molecule has 2 rings (SSSR count). The van der Waals surface area contributed by atoms with Gasteiger partial charge in [0.25, 0.3) is 0 Å². The Morgan fingerprint density at radius 1 is 1.33 bits per heavy atom. The molecule has 6 heteroatoms. The largest absolute Gasteiger partial charge is 0.405 e. The van der Waals surface area contributed by atoms with E-state index in [0.717, 1.165) is 4.90 Å². The maximum Gasteiger partial charge on any atom is 0.405 e. The molecule has 0 aliphatic carbocycles. The molecule has 1 aliphatic rings. The molecule has 0 atom stereocenters. The van der Waals surface area contributed by atoms with Gasteiger partial charge in [-0.05, 0) is 17.7 Å². The fraction of sp³-hybridized carbons (Fsp3) is 0.250. The minimum atomic E-state index is -4.33. The van der Waals surface area contributed by atoms with E-state index in [-0.39, 0.29) is 12.1 Å². The van der Waals surface area contributed by atoms with Gasteiger partial charge >= 0.3 is 6.18 Å². The first-order valence-corrected chi connectivity index (χ1v) is 5.28. The normalized spacial score (nSPS) is 15.1. The number of primary amides is 1. The fourth-order valence-electron chi connectivity index (χ4n) is 1.93. The number of benzene rings is 1. The van der Waals surface area contributed by atoms with Crippen LogP contribution in [0.25, 0.3) is 6.08 Å². The lowest BCUT2D eigenvalue weighted by Gasteiger charge is -2.31. The molecule has 1 aromatic rings. The average Bonchev–Trinajstić information content (AvgIpc) is 2.26. The molecule has 0 spiro atoms. The first-order chi connectivity index (χ1) is 8.37. The maximum absolute atomic E-state index is 12.5. The van der Waals surface area contributed by atoms with Crippen LogP contribution in [-0.4, -0.2) is 25.2 Å². The lowest BCUT2D eigenvalue weighted by Crippen LogP contribution is -2.39. The summed E-state index contributed by atoms with van der Waals surface area (Å²) in [6.45, 7) is -1.22. The highest BCUT2D eigenvalue weighted by molar-refractivity contribution is 6.00. The van der Waals surface area contributed by atoms with Crippen molar-refractivity contribution in [3.05, 3.63) is 35.4 Å². The Balaban J connectivity index is 2.39. The zero-order valence-corrected chi connectivity index (χ0v) is 9.37. The summed E-state index contributed by atoms with van der Waals surface area (Å²) in [6.07, 6.45) is -2.79. The molecular weight excluding hydrogens is 245 g/mol. The monoisotopic (exact) mass is 256 g/mol. The SMILES string of the molecule is NC(=O)C1=Cc2ccccc2N(CC(F)(F)F)C1. The molecule has 0 saturated carbocycles. The second-order valence-electron chi connectivity index (χ2n) is 4.06. The third-order valence-electron chi connectivity index (χ3n) is 2.66. The number of alkyl halides is 3. The highest BCUT2D eigenvalue weighted by atomic mass is 19.4. The van der Waals surface area contributed by atoms with Crippen molar-refractivity contribution in [2.45, 2.75) is 6.18 Å². The third kappa shape index (κ3) is 2.64. The van der Waals surface area contributed by atoms with Crippen molar-refractivity contribution in [2.24, 2.45) is 5.73 Å². The van der Waals surface area contributed by atoms with E-state index in [1.807, 2.05) is 0 Å². The molecule has 96 valence electrons.